The summed E-state index contributed by atoms with van der Waals surface area (Å²) in [5.41, 5.74) is 2.17. The number of hydrogen-bond acceptors (Lipinski definition) is 6. The number of nitrogens with zero attached hydrogens (tertiary/aromatic N) is 1. The van der Waals surface area contributed by atoms with Crippen molar-refractivity contribution in [2.24, 2.45) is 0 Å². The van der Waals surface area contributed by atoms with Crippen molar-refractivity contribution < 1.29 is 28.5 Å². The number of rotatable bonds is 8. The molecular formula is C23H25NO6. The van der Waals surface area contributed by atoms with E-state index in [4.69, 9.17) is 18.9 Å². The first-order valence-electron chi connectivity index (χ1n) is 9.76. The Morgan fingerprint density at radius 1 is 1.03 bits per heavy atom. The van der Waals surface area contributed by atoms with E-state index in [1.807, 2.05) is 30.5 Å². The summed E-state index contributed by atoms with van der Waals surface area (Å²) in [7, 11) is 1.53. The number of carbonyl (C=O) groups is 2. The van der Waals surface area contributed by atoms with Crippen molar-refractivity contribution in [2.75, 3.05) is 20.3 Å². The molecule has 0 aliphatic rings. The summed E-state index contributed by atoms with van der Waals surface area (Å²) in [6.45, 7) is 6.35. The van der Waals surface area contributed by atoms with Crippen LogP contribution in [0.2, 0.25) is 0 Å². The van der Waals surface area contributed by atoms with Gasteiger partial charge in [0, 0.05) is 23.1 Å². The average Bonchev–Trinajstić information content (AvgIpc) is 3.03. The van der Waals surface area contributed by atoms with Gasteiger partial charge in [0.1, 0.15) is 5.75 Å². The zero-order valence-electron chi connectivity index (χ0n) is 17.6. The number of aromatic nitrogens is 1. The van der Waals surface area contributed by atoms with Crippen LogP contribution in [0.1, 0.15) is 29.9 Å². The first-order valence-corrected chi connectivity index (χ1v) is 9.76. The molecule has 1 aromatic heterocycles. The molecule has 2 aromatic carbocycles. The van der Waals surface area contributed by atoms with Gasteiger partial charge in [-0.1, -0.05) is 12.1 Å². The van der Waals surface area contributed by atoms with Crippen molar-refractivity contribution in [1.82, 2.24) is 4.57 Å². The Morgan fingerprint density at radius 3 is 2.43 bits per heavy atom. The van der Waals surface area contributed by atoms with Crippen molar-refractivity contribution in [1.29, 1.82) is 0 Å². The van der Waals surface area contributed by atoms with Gasteiger partial charge in [0.25, 0.3) is 0 Å². The lowest BCUT2D eigenvalue weighted by Crippen LogP contribution is -2.18. The molecule has 30 heavy (non-hydrogen) atoms. The second kappa shape index (κ2) is 9.35. The molecule has 0 radical (unpaired) electrons. The fraction of sp³-hybridized carbons (Fsp3) is 0.304. The predicted octanol–water partition coefficient (Wildman–Crippen LogP) is 4.14. The summed E-state index contributed by atoms with van der Waals surface area (Å²) in [4.78, 5) is 24.8. The highest BCUT2D eigenvalue weighted by Crippen LogP contribution is 2.30. The maximum atomic E-state index is 12.5. The highest BCUT2D eigenvalue weighted by Gasteiger charge is 2.21. The first-order chi connectivity index (χ1) is 14.5. The van der Waals surface area contributed by atoms with Gasteiger partial charge in [-0.2, -0.15) is 0 Å². The number of ether oxygens (including phenoxy) is 4. The van der Waals surface area contributed by atoms with Gasteiger partial charge in [-0.25, -0.2) is 9.59 Å². The summed E-state index contributed by atoms with van der Waals surface area (Å²) in [5.74, 6) is 0.351. The number of carbonyl (C=O) groups excluding carboxylic acids is 2. The van der Waals surface area contributed by atoms with E-state index in [1.54, 1.807) is 37.3 Å². The number of benzene rings is 2. The van der Waals surface area contributed by atoms with Gasteiger partial charge in [0.05, 0.1) is 19.3 Å². The Labute approximate surface area is 175 Å². The van der Waals surface area contributed by atoms with Gasteiger partial charge in [-0.05, 0) is 51.1 Å². The highest BCUT2D eigenvalue weighted by atomic mass is 16.6. The van der Waals surface area contributed by atoms with Crippen LogP contribution in [-0.2, 0) is 16.1 Å². The third-order valence-corrected chi connectivity index (χ3v) is 4.74. The van der Waals surface area contributed by atoms with Gasteiger partial charge >= 0.3 is 11.9 Å². The number of aryl methyl sites for hydroxylation is 1. The minimum Gasteiger partial charge on any atom is -0.493 e. The quantitative estimate of drug-likeness (QED) is 0.410. The lowest BCUT2D eigenvalue weighted by molar-refractivity contribution is -0.136. The molecule has 0 aliphatic heterocycles. The molecule has 0 fully saturated rings. The number of fused-ring (bicyclic) bond motifs is 1. The normalized spacial score (nSPS) is 10.7. The highest BCUT2D eigenvalue weighted by molar-refractivity contribution is 6.06. The largest absolute Gasteiger partial charge is 0.493 e. The second-order valence-corrected chi connectivity index (χ2v) is 6.52. The summed E-state index contributed by atoms with van der Waals surface area (Å²) < 4.78 is 23.4. The van der Waals surface area contributed by atoms with E-state index < -0.39 is 11.9 Å². The van der Waals surface area contributed by atoms with Gasteiger partial charge < -0.3 is 23.5 Å². The van der Waals surface area contributed by atoms with E-state index in [0.29, 0.717) is 34.7 Å². The first kappa shape index (κ1) is 21.2. The van der Waals surface area contributed by atoms with E-state index in [0.717, 1.165) is 11.2 Å². The fourth-order valence-corrected chi connectivity index (χ4v) is 3.43. The third kappa shape index (κ3) is 4.25. The van der Waals surface area contributed by atoms with E-state index in [1.165, 1.54) is 7.11 Å². The maximum absolute atomic E-state index is 12.5. The molecule has 7 heteroatoms. The molecule has 158 valence electrons. The molecule has 0 aliphatic carbocycles. The Balaban J connectivity index is 1.81. The van der Waals surface area contributed by atoms with E-state index >= 15 is 0 Å². The molecule has 0 amide bonds. The van der Waals surface area contributed by atoms with Crippen LogP contribution in [0.5, 0.6) is 17.2 Å². The SMILES string of the molecule is CCOC(=O)c1c(C)n(CC)c2ccc(OC(=O)COc3ccccc3OC)cc12. The number of methoxy groups -OCH3 is 1. The Kier molecular flexibility index (Phi) is 6.61. The molecule has 3 aromatic rings. The van der Waals surface area contributed by atoms with Gasteiger partial charge in [0.15, 0.2) is 18.1 Å². The van der Waals surface area contributed by atoms with E-state index in [2.05, 4.69) is 0 Å². The minimum atomic E-state index is -0.565. The second-order valence-electron chi connectivity index (χ2n) is 6.52. The fourth-order valence-electron chi connectivity index (χ4n) is 3.43. The molecule has 0 saturated carbocycles. The average molecular weight is 411 g/mol. The molecule has 0 saturated heterocycles. The summed E-state index contributed by atoms with van der Waals surface area (Å²) in [5, 5.41) is 0.684. The van der Waals surface area contributed by atoms with Crippen LogP contribution in [0.3, 0.4) is 0 Å². The van der Waals surface area contributed by atoms with Crippen molar-refractivity contribution >= 4 is 22.8 Å². The summed E-state index contributed by atoms with van der Waals surface area (Å²) >= 11 is 0. The Morgan fingerprint density at radius 2 is 1.77 bits per heavy atom. The van der Waals surface area contributed by atoms with Crippen LogP contribution in [0, 0.1) is 6.92 Å². The zero-order chi connectivity index (χ0) is 21.7. The van der Waals surface area contributed by atoms with Gasteiger partial charge in [-0.3, -0.25) is 0 Å². The lowest BCUT2D eigenvalue weighted by atomic mass is 10.1. The third-order valence-electron chi connectivity index (χ3n) is 4.74. The van der Waals surface area contributed by atoms with Crippen LogP contribution in [0.25, 0.3) is 10.9 Å². The van der Waals surface area contributed by atoms with Crippen LogP contribution in [0.15, 0.2) is 42.5 Å². The maximum Gasteiger partial charge on any atom is 0.349 e. The Hall–Kier alpha value is -3.48. The molecule has 0 atom stereocenters. The van der Waals surface area contributed by atoms with Crippen LogP contribution in [0.4, 0.5) is 0 Å². The Bertz CT molecular complexity index is 1070. The molecule has 1 heterocycles. The molecule has 0 N–H and O–H groups in total. The number of esters is 2. The summed E-state index contributed by atoms with van der Waals surface area (Å²) in [6, 6.07) is 12.3. The monoisotopic (exact) mass is 411 g/mol. The number of para-hydroxylation sites is 2. The molecule has 0 unspecified atom stereocenters. The molecule has 0 bridgehead atoms. The molecular weight excluding hydrogens is 386 g/mol. The minimum absolute atomic E-state index is 0.280. The van der Waals surface area contributed by atoms with Gasteiger partial charge in [-0.15, -0.1) is 0 Å². The van der Waals surface area contributed by atoms with E-state index in [9.17, 15) is 9.59 Å². The van der Waals surface area contributed by atoms with Crippen LogP contribution >= 0.6 is 0 Å². The predicted molar refractivity (Wildman–Crippen MR) is 112 cm³/mol. The standard InChI is InChI=1S/C23H25NO6/c1-5-24-15(3)22(23(26)28-6-2)17-13-16(11-12-18(17)24)30-21(25)14-29-20-10-8-7-9-19(20)27-4/h7-13H,5-6,14H2,1-4H3. The van der Waals surface area contributed by atoms with Gasteiger partial charge in [0.2, 0.25) is 0 Å². The molecule has 0 spiro atoms. The van der Waals surface area contributed by atoms with Crippen LogP contribution in [-0.4, -0.2) is 36.8 Å². The van der Waals surface area contributed by atoms with E-state index in [-0.39, 0.29) is 13.2 Å². The van der Waals surface area contributed by atoms with Crippen LogP contribution < -0.4 is 14.2 Å². The van der Waals surface area contributed by atoms with Crippen molar-refractivity contribution in [3.05, 3.63) is 53.7 Å². The number of hydrogen-bond donors (Lipinski definition) is 0. The molecule has 7 nitrogen and oxygen atoms in total. The molecule has 3 rings (SSSR count). The lowest BCUT2D eigenvalue weighted by Gasteiger charge is -2.10. The van der Waals surface area contributed by atoms with Crippen molar-refractivity contribution in [3.63, 3.8) is 0 Å². The van der Waals surface area contributed by atoms with Crippen molar-refractivity contribution in [3.8, 4) is 17.2 Å². The summed E-state index contributed by atoms with van der Waals surface area (Å²) in [6.07, 6.45) is 0. The smallest absolute Gasteiger partial charge is 0.349 e. The topological polar surface area (TPSA) is 76.0 Å². The zero-order valence-corrected chi connectivity index (χ0v) is 17.6. The van der Waals surface area contributed by atoms with Crippen molar-refractivity contribution in [2.45, 2.75) is 27.3 Å².